The second-order valence-corrected chi connectivity index (χ2v) is 13.4. The van der Waals surface area contributed by atoms with Crippen molar-refractivity contribution in [1.82, 2.24) is 0 Å². The van der Waals surface area contributed by atoms with E-state index in [0.717, 1.165) is 16.3 Å². The van der Waals surface area contributed by atoms with Crippen molar-refractivity contribution >= 4 is 75.4 Å². The number of rotatable bonds is 4. The number of benzene rings is 12. The smallest absolute Gasteiger partial charge is 0.0616 e. The molecule has 0 heteroatoms. The second-order valence-electron chi connectivity index (χ2n) is 13.4. The molecule has 0 aliphatic heterocycles. The Morgan fingerprint density at radius 2 is 0.685 bits per heavy atom. The first-order valence-electron chi connectivity index (χ1n) is 26.4. The zero-order valence-corrected chi connectivity index (χ0v) is 28.1. The topological polar surface area (TPSA) is 0 Å². The SMILES string of the molecule is [2H]c1c([2H])c2c([2H])c([2H])c3c([2H])c([2H])c(-c4ccc(-c5ccc(-c6c([2H])c([2H])c7c([2H])c([2H])c8c([2H])c([2H])c([2H])c9c([2H])c([2H])c6c7c89)cc5-c5ccc6ccccc6c5)cc4)c4c([2H])c([2H])c(c1[2H])c2c34. The standard InChI is InChI=1S/C54H32/c1-2-6-42-31-43(20-11-33(42)5-1)50-32-44(47-27-22-41-19-17-37-8-4-10-39-24-30-49(47)54(41)52(37)39)25-28-46(50)35-14-12-34(13-15-35)45-26-21-40-18-16-36-7-3-9-38-23-29-48(45)53(40)51(36)38/h1-32H/i3D,4D,7D,8D,9D,10D,16D,17D,18D,19D,21D,22D,23D,24D,26D,27D,29D,30D. The first-order valence-corrected chi connectivity index (χ1v) is 17.4. The normalized spacial score (nSPS) is 16.7. The molecule has 0 aliphatic rings. The van der Waals surface area contributed by atoms with Crippen LogP contribution in [0.2, 0.25) is 0 Å². The van der Waals surface area contributed by atoms with Crippen LogP contribution in [0, 0.1) is 0 Å². The van der Waals surface area contributed by atoms with E-state index >= 15 is 0 Å². The summed E-state index contributed by atoms with van der Waals surface area (Å²) in [5.41, 5.74) is 3.65. The van der Waals surface area contributed by atoms with E-state index in [2.05, 4.69) is 0 Å². The van der Waals surface area contributed by atoms with Gasteiger partial charge in [0.05, 0.1) is 24.7 Å². The minimum Gasteiger partial charge on any atom is -0.0616 e. The molecule has 0 N–H and O–H groups in total. The molecular weight excluding hydrogens is 649 g/mol. The van der Waals surface area contributed by atoms with Gasteiger partial charge >= 0.3 is 0 Å². The van der Waals surface area contributed by atoms with E-state index in [9.17, 15) is 9.60 Å². The predicted molar refractivity (Wildman–Crippen MR) is 233 cm³/mol. The first kappa shape index (κ1) is 17.2. The van der Waals surface area contributed by atoms with Crippen LogP contribution in [0.1, 0.15) is 24.7 Å². The van der Waals surface area contributed by atoms with E-state index < -0.39 is 96.7 Å². The van der Waals surface area contributed by atoms with Gasteiger partial charge < -0.3 is 0 Å². The third-order valence-corrected chi connectivity index (χ3v) is 10.5. The summed E-state index contributed by atoms with van der Waals surface area (Å²) < 4.78 is 162. The van der Waals surface area contributed by atoms with Crippen LogP contribution in [0.15, 0.2) is 194 Å². The molecular formula is C54H32. The monoisotopic (exact) mass is 698 g/mol. The molecule has 0 spiro atoms. The Hall–Kier alpha value is -7.02. The van der Waals surface area contributed by atoms with Gasteiger partial charge in [0, 0.05) is 0 Å². The number of fused-ring (bicyclic) bond motifs is 1. The zero-order valence-electron chi connectivity index (χ0n) is 46.1. The second kappa shape index (κ2) is 11.2. The summed E-state index contributed by atoms with van der Waals surface area (Å²) >= 11 is 0. The van der Waals surface area contributed by atoms with Crippen LogP contribution in [0.25, 0.3) is 120 Å². The molecule has 0 heterocycles. The van der Waals surface area contributed by atoms with E-state index in [4.69, 9.17) is 15.1 Å². The molecule has 248 valence electrons. The van der Waals surface area contributed by atoms with Gasteiger partial charge in [-0.3, -0.25) is 0 Å². The van der Waals surface area contributed by atoms with Crippen molar-refractivity contribution in [3.05, 3.63) is 194 Å². The quantitative estimate of drug-likeness (QED) is 0.161. The van der Waals surface area contributed by atoms with Crippen molar-refractivity contribution in [2.24, 2.45) is 0 Å². The van der Waals surface area contributed by atoms with E-state index in [1.54, 1.807) is 30.3 Å². The van der Waals surface area contributed by atoms with Gasteiger partial charge in [-0.15, -0.1) is 0 Å². The van der Waals surface area contributed by atoms with Crippen molar-refractivity contribution in [3.63, 3.8) is 0 Å². The molecule has 12 aromatic rings. The molecule has 0 aliphatic carbocycles. The molecule has 0 saturated heterocycles. The average molecular weight is 699 g/mol. The summed E-state index contributed by atoms with van der Waals surface area (Å²) in [6, 6.07) is 17.8. The van der Waals surface area contributed by atoms with Gasteiger partial charge in [0.1, 0.15) is 0 Å². The Balaban J connectivity index is 1.12. The lowest BCUT2D eigenvalue weighted by atomic mass is 9.86. The molecule has 0 atom stereocenters. The lowest BCUT2D eigenvalue weighted by Gasteiger charge is -2.17. The maximum atomic E-state index is 9.47. The highest BCUT2D eigenvalue weighted by atomic mass is 14.2. The third kappa shape index (κ3) is 4.32. The Bertz CT molecular complexity index is 4420. The van der Waals surface area contributed by atoms with Crippen molar-refractivity contribution in [3.8, 4) is 44.5 Å². The highest BCUT2D eigenvalue weighted by Gasteiger charge is 2.17. The maximum absolute atomic E-state index is 9.47. The highest BCUT2D eigenvalue weighted by Crippen LogP contribution is 2.44. The summed E-state index contributed by atoms with van der Waals surface area (Å²) in [5.74, 6) is 0. The molecule has 0 fully saturated rings. The molecule has 0 radical (unpaired) electrons. The van der Waals surface area contributed by atoms with Gasteiger partial charge in [0.15, 0.2) is 0 Å². The van der Waals surface area contributed by atoms with Gasteiger partial charge in [0.2, 0.25) is 0 Å². The summed E-state index contributed by atoms with van der Waals surface area (Å²) in [6.45, 7) is 0. The van der Waals surface area contributed by atoms with E-state index in [1.165, 1.54) is 0 Å². The lowest BCUT2D eigenvalue weighted by Crippen LogP contribution is -1.91. The van der Waals surface area contributed by atoms with Crippen LogP contribution in [0.5, 0.6) is 0 Å². The van der Waals surface area contributed by atoms with Crippen molar-refractivity contribution < 1.29 is 24.7 Å². The minimum absolute atomic E-state index is 0.0347. The summed E-state index contributed by atoms with van der Waals surface area (Å²) in [4.78, 5) is 0. The molecule has 12 aromatic carbocycles. The van der Waals surface area contributed by atoms with Crippen LogP contribution in [0.3, 0.4) is 0 Å². The van der Waals surface area contributed by atoms with Crippen molar-refractivity contribution in [2.45, 2.75) is 0 Å². The third-order valence-electron chi connectivity index (χ3n) is 10.5. The van der Waals surface area contributed by atoms with Crippen LogP contribution in [0.4, 0.5) is 0 Å². The van der Waals surface area contributed by atoms with Crippen LogP contribution < -0.4 is 0 Å². The predicted octanol–water partition coefficient (Wildman–Crippen LogP) is 15.3. The molecule has 0 aromatic heterocycles. The Labute approximate surface area is 338 Å². The average Bonchev–Trinajstić information content (AvgIpc) is 3.37. The zero-order chi connectivity index (χ0) is 51.0. The first-order chi connectivity index (χ1) is 34.3. The Morgan fingerprint density at radius 3 is 1.28 bits per heavy atom. The fraction of sp³-hybridized carbons (Fsp3) is 0. The van der Waals surface area contributed by atoms with E-state index in [0.29, 0.717) is 27.8 Å². The summed E-state index contributed by atoms with van der Waals surface area (Å²) in [7, 11) is 0. The van der Waals surface area contributed by atoms with Crippen LogP contribution >= 0.6 is 0 Å². The molecule has 0 amide bonds. The minimum atomic E-state index is -0.556. The van der Waals surface area contributed by atoms with Crippen LogP contribution in [-0.4, -0.2) is 0 Å². The molecule has 0 nitrogen and oxygen atoms in total. The van der Waals surface area contributed by atoms with Crippen LogP contribution in [-0.2, 0) is 0 Å². The highest BCUT2D eigenvalue weighted by molar-refractivity contribution is 6.26. The van der Waals surface area contributed by atoms with E-state index in [1.807, 2.05) is 54.6 Å². The van der Waals surface area contributed by atoms with Gasteiger partial charge in [-0.25, -0.2) is 0 Å². The molecule has 12 rings (SSSR count). The van der Waals surface area contributed by atoms with Crippen molar-refractivity contribution in [2.75, 3.05) is 0 Å². The largest absolute Gasteiger partial charge is 0.0630 e. The number of hydrogen-bond donors (Lipinski definition) is 0. The van der Waals surface area contributed by atoms with Gasteiger partial charge in [0.25, 0.3) is 0 Å². The van der Waals surface area contributed by atoms with E-state index in [-0.39, 0.29) is 87.8 Å². The Kier molecular flexibility index (Phi) is 3.58. The fourth-order valence-electron chi connectivity index (χ4n) is 7.92. The van der Waals surface area contributed by atoms with Gasteiger partial charge in [-0.05, 0) is 132 Å². The molecule has 0 unspecified atom stereocenters. The molecule has 0 bridgehead atoms. The molecule has 0 saturated carbocycles. The van der Waals surface area contributed by atoms with Crippen molar-refractivity contribution in [1.29, 1.82) is 0 Å². The van der Waals surface area contributed by atoms with Gasteiger partial charge in [-0.1, -0.05) is 182 Å². The lowest BCUT2D eigenvalue weighted by molar-refractivity contribution is 1.58. The number of hydrogen-bond acceptors (Lipinski definition) is 0. The maximum Gasteiger partial charge on any atom is 0.0630 e. The Morgan fingerprint density at radius 1 is 0.259 bits per heavy atom. The van der Waals surface area contributed by atoms with Gasteiger partial charge in [-0.2, -0.15) is 0 Å². The summed E-state index contributed by atoms with van der Waals surface area (Å²) in [6.07, 6.45) is 0. The molecule has 54 heavy (non-hydrogen) atoms. The fourth-order valence-corrected chi connectivity index (χ4v) is 7.92. The summed E-state index contributed by atoms with van der Waals surface area (Å²) in [5, 5.41) is 1.44.